The van der Waals surface area contributed by atoms with E-state index >= 15 is 0 Å². The van der Waals surface area contributed by atoms with Gasteiger partial charge in [-0.2, -0.15) is 0 Å². The van der Waals surface area contributed by atoms with Crippen LogP contribution in [0.4, 0.5) is 14.9 Å². The van der Waals surface area contributed by atoms with E-state index in [-0.39, 0.29) is 17.9 Å². The van der Waals surface area contributed by atoms with Gasteiger partial charge in [0, 0.05) is 35.8 Å². The van der Waals surface area contributed by atoms with Crippen LogP contribution >= 0.6 is 22.9 Å². The van der Waals surface area contributed by atoms with E-state index in [1.807, 2.05) is 20.8 Å². The summed E-state index contributed by atoms with van der Waals surface area (Å²) in [6.07, 6.45) is 1.68. The van der Waals surface area contributed by atoms with Crippen molar-refractivity contribution in [1.82, 2.24) is 9.88 Å². The number of aromatic nitrogens is 1. The number of hydrogen-bond donors (Lipinski definition) is 1. The Balaban J connectivity index is 1.53. The molecule has 1 saturated heterocycles. The Hall–Kier alpha value is -2.06. The van der Waals surface area contributed by atoms with E-state index < -0.39 is 11.4 Å². The van der Waals surface area contributed by atoms with Gasteiger partial charge in [-0.25, -0.2) is 14.2 Å². The van der Waals surface area contributed by atoms with Crippen LogP contribution in [-0.2, 0) is 11.3 Å². The number of carbonyl (C=O) groups excluding carboxylic acids is 1. The van der Waals surface area contributed by atoms with Crippen LogP contribution in [0.2, 0.25) is 4.47 Å². The van der Waals surface area contributed by atoms with Crippen molar-refractivity contribution in [3.8, 4) is 5.75 Å². The first-order valence-corrected chi connectivity index (χ1v) is 10.2. The molecule has 2 aromatic rings. The number of hydrogen-bond acceptors (Lipinski definition) is 6. The molecule has 0 spiro atoms. The van der Waals surface area contributed by atoms with Crippen molar-refractivity contribution < 1.29 is 18.7 Å². The van der Waals surface area contributed by atoms with Crippen LogP contribution in [0, 0.1) is 5.82 Å². The number of likely N-dealkylation sites (tertiary alicyclic amines) is 1. The van der Waals surface area contributed by atoms with Crippen molar-refractivity contribution in [3.63, 3.8) is 0 Å². The van der Waals surface area contributed by atoms with Crippen LogP contribution in [0.15, 0.2) is 24.4 Å². The number of benzene rings is 1. The molecular weight excluding hydrogens is 405 g/mol. The third-order valence-electron chi connectivity index (χ3n) is 4.01. The Morgan fingerprint density at radius 2 is 2.25 bits per heavy atom. The van der Waals surface area contributed by atoms with Gasteiger partial charge in [-0.05, 0) is 32.9 Å². The molecule has 0 saturated carbocycles. The number of anilines is 1. The highest BCUT2D eigenvalue weighted by Crippen LogP contribution is 2.26. The maximum absolute atomic E-state index is 14.4. The van der Waals surface area contributed by atoms with Gasteiger partial charge in [0.2, 0.25) is 0 Å². The van der Waals surface area contributed by atoms with Gasteiger partial charge in [0.15, 0.2) is 16.0 Å². The van der Waals surface area contributed by atoms with Crippen LogP contribution < -0.4 is 10.1 Å². The molecule has 1 aliphatic rings. The highest BCUT2D eigenvalue weighted by molar-refractivity contribution is 7.15. The zero-order valence-corrected chi connectivity index (χ0v) is 17.6. The average Bonchev–Trinajstić information content (AvgIpc) is 3.23. The quantitative estimate of drug-likeness (QED) is 0.732. The summed E-state index contributed by atoms with van der Waals surface area (Å²) in [5.74, 6) is -0.287. The van der Waals surface area contributed by atoms with Crippen LogP contribution in [0.1, 0.15) is 32.1 Å². The lowest BCUT2D eigenvalue weighted by Gasteiger charge is -2.24. The molecule has 9 heteroatoms. The highest BCUT2D eigenvalue weighted by atomic mass is 35.5. The van der Waals surface area contributed by atoms with E-state index in [0.29, 0.717) is 36.2 Å². The number of thiazole rings is 1. The molecule has 1 unspecified atom stereocenters. The summed E-state index contributed by atoms with van der Waals surface area (Å²) in [4.78, 5) is 18.6. The Morgan fingerprint density at radius 1 is 1.46 bits per heavy atom. The Morgan fingerprint density at radius 3 is 2.89 bits per heavy atom. The molecule has 1 N–H and O–H groups in total. The zero-order valence-electron chi connectivity index (χ0n) is 16.0. The summed E-state index contributed by atoms with van der Waals surface area (Å²) < 4.78 is 26.0. The molecule has 28 heavy (non-hydrogen) atoms. The molecular formula is C19H23ClFN3O3S. The van der Waals surface area contributed by atoms with Crippen molar-refractivity contribution in [3.05, 3.63) is 39.6 Å². The largest absolute Gasteiger partial charge is 0.485 e. The summed E-state index contributed by atoms with van der Waals surface area (Å²) in [5.41, 5.74) is 0.0892. The lowest BCUT2D eigenvalue weighted by molar-refractivity contribution is 0.0275. The molecule has 3 rings (SSSR count). The lowest BCUT2D eigenvalue weighted by atomic mass is 10.2. The fraction of sp³-hybridized carbons (Fsp3) is 0.474. The molecule has 1 aromatic carbocycles. The first kappa shape index (κ1) is 20.7. The second-order valence-corrected chi connectivity index (χ2v) is 9.23. The molecule has 0 radical (unpaired) electrons. The number of rotatable bonds is 5. The normalized spacial score (nSPS) is 16.9. The van der Waals surface area contributed by atoms with Gasteiger partial charge in [0.25, 0.3) is 0 Å². The standard InChI is InChI=1S/C19H23ClFN3O3S/c1-19(2,3)27-18(25)24-7-6-13(11-24)26-16-5-4-12(8-15(16)21)22-9-14-10-23-17(20)28-14/h4-5,8,10,13,22H,6-7,9,11H2,1-3H3. The summed E-state index contributed by atoms with van der Waals surface area (Å²) in [6, 6.07) is 4.73. The average molecular weight is 428 g/mol. The first-order valence-electron chi connectivity index (χ1n) is 8.98. The maximum atomic E-state index is 14.4. The van der Waals surface area contributed by atoms with Crippen molar-refractivity contribution >= 4 is 34.7 Å². The number of amides is 1. The Bertz CT molecular complexity index is 840. The lowest BCUT2D eigenvalue weighted by Crippen LogP contribution is -2.36. The minimum atomic E-state index is -0.546. The summed E-state index contributed by atoms with van der Waals surface area (Å²) >= 11 is 7.17. The van der Waals surface area contributed by atoms with Crippen LogP contribution in [-0.4, -0.2) is 40.8 Å². The molecule has 1 fully saturated rings. The van der Waals surface area contributed by atoms with Gasteiger partial charge >= 0.3 is 6.09 Å². The van der Waals surface area contributed by atoms with Crippen LogP contribution in [0.25, 0.3) is 0 Å². The van der Waals surface area contributed by atoms with Gasteiger partial charge in [0.1, 0.15) is 11.7 Å². The third kappa shape index (κ3) is 5.72. The monoisotopic (exact) mass is 427 g/mol. The second kappa shape index (κ2) is 8.53. The van der Waals surface area contributed by atoms with Crippen LogP contribution in [0.3, 0.4) is 0 Å². The molecule has 1 aromatic heterocycles. The van der Waals surface area contributed by atoms with E-state index in [0.717, 1.165) is 4.88 Å². The summed E-state index contributed by atoms with van der Waals surface area (Å²) in [5, 5.41) is 3.13. The van der Waals surface area contributed by atoms with Crippen molar-refractivity contribution in [2.45, 2.75) is 45.4 Å². The number of nitrogens with zero attached hydrogens (tertiary/aromatic N) is 2. The molecule has 0 aliphatic carbocycles. The van der Waals surface area contributed by atoms with E-state index in [4.69, 9.17) is 21.1 Å². The minimum absolute atomic E-state index is 0.169. The van der Waals surface area contributed by atoms with Crippen molar-refractivity contribution in [2.24, 2.45) is 0 Å². The fourth-order valence-electron chi connectivity index (χ4n) is 2.76. The smallest absolute Gasteiger partial charge is 0.410 e. The molecule has 1 aliphatic heterocycles. The second-order valence-electron chi connectivity index (χ2n) is 7.53. The fourth-order valence-corrected chi connectivity index (χ4v) is 3.67. The van der Waals surface area contributed by atoms with Gasteiger partial charge < -0.3 is 19.7 Å². The summed E-state index contributed by atoms with van der Waals surface area (Å²) in [6.45, 7) is 6.88. The molecule has 1 atom stereocenters. The van der Waals surface area contributed by atoms with E-state index in [1.54, 1.807) is 23.2 Å². The minimum Gasteiger partial charge on any atom is -0.485 e. The number of ether oxygens (including phenoxy) is 2. The molecule has 6 nitrogen and oxygen atoms in total. The van der Waals surface area contributed by atoms with Crippen LogP contribution in [0.5, 0.6) is 5.75 Å². The predicted molar refractivity (Wildman–Crippen MR) is 108 cm³/mol. The van der Waals surface area contributed by atoms with E-state index in [2.05, 4.69) is 10.3 Å². The van der Waals surface area contributed by atoms with E-state index in [1.165, 1.54) is 17.4 Å². The van der Waals surface area contributed by atoms with Gasteiger partial charge in [0.05, 0.1) is 13.1 Å². The Labute approximate surface area is 172 Å². The third-order valence-corrected chi connectivity index (χ3v) is 5.13. The number of carbonyl (C=O) groups is 1. The maximum Gasteiger partial charge on any atom is 0.410 e. The summed E-state index contributed by atoms with van der Waals surface area (Å²) in [7, 11) is 0. The SMILES string of the molecule is CC(C)(C)OC(=O)N1CCC(Oc2ccc(NCc3cnc(Cl)s3)cc2F)C1. The topological polar surface area (TPSA) is 63.7 Å². The van der Waals surface area contributed by atoms with Gasteiger partial charge in [-0.1, -0.05) is 11.6 Å². The Kier molecular flexibility index (Phi) is 6.30. The van der Waals surface area contributed by atoms with Crippen molar-refractivity contribution in [1.29, 1.82) is 0 Å². The van der Waals surface area contributed by atoms with Gasteiger partial charge in [-0.15, -0.1) is 11.3 Å². The van der Waals surface area contributed by atoms with Gasteiger partial charge in [-0.3, -0.25) is 0 Å². The molecule has 2 heterocycles. The first-order chi connectivity index (χ1) is 13.2. The number of nitrogens with one attached hydrogen (secondary N) is 1. The number of halogens is 2. The predicted octanol–water partition coefficient (Wildman–Crippen LogP) is 4.94. The highest BCUT2D eigenvalue weighted by Gasteiger charge is 2.31. The molecule has 1 amide bonds. The van der Waals surface area contributed by atoms with Crippen molar-refractivity contribution in [2.75, 3.05) is 18.4 Å². The molecule has 152 valence electrons. The molecule has 0 bridgehead atoms. The van der Waals surface area contributed by atoms with E-state index in [9.17, 15) is 9.18 Å². The zero-order chi connectivity index (χ0) is 20.3.